The van der Waals surface area contributed by atoms with Crippen molar-refractivity contribution in [3.8, 4) is 11.5 Å². The van der Waals surface area contributed by atoms with Crippen molar-refractivity contribution >= 4 is 92.8 Å². The smallest absolute Gasteiger partial charge is 0.329 e. The van der Waals surface area contributed by atoms with Crippen molar-refractivity contribution in [2.45, 2.75) is 102 Å². The number of likely N-dealkylation sites (N-methyl/N-ethyl adjacent to an activating group) is 4. The van der Waals surface area contributed by atoms with Crippen molar-refractivity contribution in [3.63, 3.8) is 0 Å². The number of benzene rings is 2. The summed E-state index contributed by atoms with van der Waals surface area (Å²) in [5, 5.41) is 11.7. The molecule has 0 saturated carbocycles. The number of amides is 10. The van der Waals surface area contributed by atoms with Gasteiger partial charge in [-0.2, -0.15) is 0 Å². The number of hydrogen-bond donors (Lipinski definition) is 4. The monoisotopic (exact) mass is 1250 g/mol. The molecular weight excluding hydrogens is 1170 g/mol. The molecule has 10 amide bonds. The minimum absolute atomic E-state index is 0.00729. The van der Waals surface area contributed by atoms with Crippen LogP contribution in [-0.4, -0.2) is 242 Å². The van der Waals surface area contributed by atoms with Gasteiger partial charge in [-0.15, -0.1) is 0 Å². The Labute approximate surface area is 520 Å². The summed E-state index contributed by atoms with van der Waals surface area (Å²) in [7, 11) is 7.92. The predicted octanol–water partition coefficient (Wildman–Crippen LogP) is 0.675. The highest BCUT2D eigenvalue weighted by atomic mass is 16.5. The molecule has 2 aromatic heterocycles. The molecule has 0 bridgehead atoms. The van der Waals surface area contributed by atoms with Gasteiger partial charge in [0.05, 0.1) is 51.4 Å². The van der Waals surface area contributed by atoms with Gasteiger partial charge >= 0.3 is 11.9 Å². The van der Waals surface area contributed by atoms with E-state index in [4.69, 9.17) is 18.9 Å². The van der Waals surface area contributed by atoms with Crippen LogP contribution in [0, 0.1) is 11.8 Å². The average Bonchev–Trinajstić information content (AvgIpc) is 1.53. The normalized spacial score (nSPS) is 22.7. The first kappa shape index (κ1) is 68.0. The molecule has 0 radical (unpaired) electrons. The number of carbonyl (C=O) groups excluding carboxylic acids is 12. The van der Waals surface area contributed by atoms with Crippen LogP contribution in [-0.2, 0) is 57.4 Å². The second-order valence-corrected chi connectivity index (χ2v) is 23.2. The Balaban J connectivity index is 1.18. The number of rotatable bonds is 8. The van der Waals surface area contributed by atoms with E-state index in [1.54, 1.807) is 88.4 Å². The number of ether oxygens (including phenoxy) is 4. The molecule has 28 nitrogen and oxygen atoms in total. The first-order valence-electron chi connectivity index (χ1n) is 29.8. The van der Waals surface area contributed by atoms with E-state index in [-0.39, 0.29) is 48.8 Å². The van der Waals surface area contributed by atoms with Gasteiger partial charge in [-0.25, -0.2) is 19.6 Å². The van der Waals surface area contributed by atoms with Crippen LogP contribution in [0.3, 0.4) is 0 Å². The zero-order valence-corrected chi connectivity index (χ0v) is 52.4. The number of nitrogens with one attached hydrogen (secondary N) is 4. The molecule has 28 heteroatoms. The predicted molar refractivity (Wildman–Crippen MR) is 324 cm³/mol. The van der Waals surface area contributed by atoms with Crippen molar-refractivity contribution in [1.82, 2.24) is 60.6 Å². The fourth-order valence-corrected chi connectivity index (χ4v) is 11.2. The number of nitrogens with zero attached hydrogens (tertiary/aromatic N) is 8. The Morgan fingerprint density at radius 1 is 0.544 bits per heavy atom. The zero-order valence-electron chi connectivity index (χ0n) is 52.4. The summed E-state index contributed by atoms with van der Waals surface area (Å²) in [6.45, 7) is 2.50. The van der Waals surface area contributed by atoms with Gasteiger partial charge in [0.25, 0.3) is 11.8 Å². The van der Waals surface area contributed by atoms with E-state index in [0.717, 1.165) is 19.6 Å². The first-order valence-corrected chi connectivity index (χ1v) is 29.8. The SMILES string of the molecule is COc1cc2ccccc2nc1C(=O)N[C@@H]1COC(=O)[C@H](C(C)C)N(C)C(=O)CN(C)C(=O)CNC(=O)[C@@H]2CCCCN2C(=O)[C@H](NC(=O)c2nc3ccccc3cc2OC)COC(=O)[C@H](C(C)C)N(C)C(=O)CN(C)C(=O)CNC(=O)[C@@H]2CCCCN2C1=O. The van der Waals surface area contributed by atoms with Gasteiger partial charge in [-0.3, -0.25) is 47.9 Å². The molecule has 4 aromatic rings. The summed E-state index contributed by atoms with van der Waals surface area (Å²) in [4.78, 5) is 186. The lowest BCUT2D eigenvalue weighted by Gasteiger charge is -2.37. The van der Waals surface area contributed by atoms with Crippen molar-refractivity contribution in [2.75, 3.05) is 94.9 Å². The van der Waals surface area contributed by atoms with Crippen LogP contribution in [0.1, 0.15) is 87.2 Å². The van der Waals surface area contributed by atoms with Crippen molar-refractivity contribution in [3.05, 3.63) is 72.1 Å². The fourth-order valence-electron chi connectivity index (χ4n) is 11.2. The number of methoxy groups -OCH3 is 2. The number of cyclic esters (lactones) is 2. The molecular formula is C62H80N12O16. The highest BCUT2D eigenvalue weighted by molar-refractivity contribution is 6.03. The maximum atomic E-state index is 14.9. The maximum absolute atomic E-state index is 14.9. The molecule has 7 rings (SSSR count). The van der Waals surface area contributed by atoms with Gasteiger partial charge in [0, 0.05) is 52.1 Å². The zero-order chi connectivity index (χ0) is 65.7. The second kappa shape index (κ2) is 30.6. The van der Waals surface area contributed by atoms with Crippen LogP contribution in [0.15, 0.2) is 60.7 Å². The fraction of sp³-hybridized carbons (Fsp3) is 0.516. The van der Waals surface area contributed by atoms with Crippen LogP contribution in [0.5, 0.6) is 11.5 Å². The van der Waals surface area contributed by atoms with Gasteiger partial charge in [0.2, 0.25) is 47.3 Å². The molecule has 4 N–H and O–H groups in total. The molecule has 3 fully saturated rings. The van der Waals surface area contributed by atoms with Gasteiger partial charge in [0.1, 0.15) is 49.5 Å². The lowest BCUT2D eigenvalue weighted by Crippen LogP contribution is -2.59. The molecule has 0 unspecified atom stereocenters. The molecule has 90 heavy (non-hydrogen) atoms. The molecule has 5 heterocycles. The first-order chi connectivity index (χ1) is 42.8. The number of carbonyl (C=O) groups is 12. The number of para-hydroxylation sites is 2. The minimum atomic E-state index is -1.67. The number of pyridine rings is 2. The number of piperidine rings is 2. The summed E-state index contributed by atoms with van der Waals surface area (Å²) in [5.41, 5.74) is 0.426. The highest BCUT2D eigenvalue weighted by Crippen LogP contribution is 2.27. The average molecular weight is 1250 g/mol. The highest BCUT2D eigenvalue weighted by Gasteiger charge is 2.42. The summed E-state index contributed by atoms with van der Waals surface area (Å²) in [6.07, 6.45) is 2.07. The van der Waals surface area contributed by atoms with Gasteiger partial charge in [-0.05, 0) is 74.6 Å². The lowest BCUT2D eigenvalue weighted by atomic mass is 10.00. The standard InChI is InChI=1S/C62H80N12O16/c1-35(2)53-61(85)89-33-41(67-57(81)51-45(87-9)27-37-19-11-13-21-39(37)65-51)59(83)73-25-17-15-23-43(73)55(79)64-30-48(76)70(6)32-50(78)72(8)54(36(3)4)62(86)90-34-42(68-58(82)52-46(88-10)28-38-20-12-14-22-40(38)66-52)60(84)74-26-18-16-24-44(74)56(80)63-29-47(75)69(5)31-49(77)71(53)7/h11-14,19-22,27-28,35-36,41-44,53-54H,15-18,23-26,29-34H2,1-10H3,(H,63,80)(H,64,79)(H,67,81)(H,68,82)/t41-,42-,43+,44+,53+,54+/m1/s1. The molecule has 3 aliphatic heterocycles. The third-order valence-corrected chi connectivity index (χ3v) is 16.2. The number of esters is 2. The Morgan fingerprint density at radius 2 is 0.911 bits per heavy atom. The van der Waals surface area contributed by atoms with E-state index in [1.807, 2.05) is 0 Å². The molecule has 484 valence electrons. The third kappa shape index (κ3) is 16.2. The minimum Gasteiger partial charge on any atom is -0.494 e. The van der Waals surface area contributed by atoms with E-state index in [0.29, 0.717) is 47.5 Å². The van der Waals surface area contributed by atoms with E-state index in [1.165, 1.54) is 52.2 Å². The van der Waals surface area contributed by atoms with Gasteiger partial charge < -0.3 is 69.6 Å². The third-order valence-electron chi connectivity index (χ3n) is 16.2. The molecule has 3 aliphatic rings. The van der Waals surface area contributed by atoms with Gasteiger partial charge in [-0.1, -0.05) is 64.1 Å². The van der Waals surface area contributed by atoms with Crippen molar-refractivity contribution < 1.29 is 76.5 Å². The quantitative estimate of drug-likeness (QED) is 0.176. The number of aromatic nitrogens is 2. The van der Waals surface area contributed by atoms with Crippen LogP contribution in [0.4, 0.5) is 0 Å². The molecule has 0 aliphatic carbocycles. The van der Waals surface area contributed by atoms with Crippen LogP contribution in [0.25, 0.3) is 21.8 Å². The summed E-state index contributed by atoms with van der Waals surface area (Å²) < 4.78 is 22.7. The molecule has 3 saturated heterocycles. The van der Waals surface area contributed by atoms with E-state index in [9.17, 15) is 57.5 Å². The summed E-state index contributed by atoms with van der Waals surface area (Å²) in [5.74, 6) is -11.0. The Bertz CT molecular complexity index is 3180. The second-order valence-electron chi connectivity index (χ2n) is 23.2. The topological polar surface area (TPSA) is 335 Å². The molecule has 0 spiro atoms. The Hall–Kier alpha value is -9.50. The van der Waals surface area contributed by atoms with Crippen LogP contribution >= 0.6 is 0 Å². The summed E-state index contributed by atoms with van der Waals surface area (Å²) in [6, 6.07) is 8.65. The summed E-state index contributed by atoms with van der Waals surface area (Å²) >= 11 is 0. The maximum Gasteiger partial charge on any atom is 0.329 e. The largest absolute Gasteiger partial charge is 0.494 e. The Morgan fingerprint density at radius 3 is 1.27 bits per heavy atom. The van der Waals surface area contributed by atoms with E-state index in [2.05, 4.69) is 31.2 Å². The number of fused-ring (bicyclic) bond motifs is 4. The van der Waals surface area contributed by atoms with Gasteiger partial charge in [0.15, 0.2) is 22.9 Å². The number of hydrogen-bond acceptors (Lipinski definition) is 18. The van der Waals surface area contributed by atoms with Crippen molar-refractivity contribution in [1.29, 1.82) is 0 Å². The van der Waals surface area contributed by atoms with E-state index >= 15 is 0 Å². The van der Waals surface area contributed by atoms with Crippen LogP contribution in [0.2, 0.25) is 0 Å². The molecule has 6 atom stereocenters. The lowest BCUT2D eigenvalue weighted by molar-refractivity contribution is -0.159. The van der Waals surface area contributed by atoms with Crippen LogP contribution < -0.4 is 30.7 Å². The van der Waals surface area contributed by atoms with Crippen molar-refractivity contribution in [2.24, 2.45) is 11.8 Å². The molecule has 2 aromatic carbocycles. The van der Waals surface area contributed by atoms with E-state index < -0.39 is 158 Å². The Kier molecular flexibility index (Phi) is 23.1.